The van der Waals surface area contributed by atoms with Crippen LogP contribution in [0.3, 0.4) is 0 Å². The molecule has 0 saturated carbocycles. The van der Waals surface area contributed by atoms with Crippen LogP contribution in [0.15, 0.2) is 18.2 Å². The predicted molar refractivity (Wildman–Crippen MR) is 70.8 cm³/mol. The number of alkyl halides is 2. The number of fused-ring (bicyclic) bond motifs is 1. The van der Waals surface area contributed by atoms with Gasteiger partial charge in [-0.05, 0) is 25.5 Å². The Morgan fingerprint density at radius 3 is 2.76 bits per heavy atom. The molecule has 2 rings (SSSR count). The van der Waals surface area contributed by atoms with Gasteiger partial charge in [-0.1, -0.05) is 12.1 Å². The molecule has 1 aliphatic rings. The van der Waals surface area contributed by atoms with Crippen LogP contribution in [0.5, 0.6) is 5.75 Å². The van der Waals surface area contributed by atoms with Crippen molar-refractivity contribution in [3.05, 3.63) is 29.3 Å². The Kier molecular flexibility index (Phi) is 4.25. The maximum atomic E-state index is 13.7. The number of Topliss-reactive ketones (excluding diaryl/α,β-unsaturated/α-hetero) is 1. The summed E-state index contributed by atoms with van der Waals surface area (Å²) in [6, 6.07) is 4.87. The first kappa shape index (κ1) is 15.4. The highest BCUT2D eigenvalue weighted by molar-refractivity contribution is 5.94. The topological polar surface area (TPSA) is 52.6 Å². The van der Waals surface area contributed by atoms with Gasteiger partial charge in [-0.25, -0.2) is 4.79 Å². The molecule has 1 unspecified atom stereocenters. The van der Waals surface area contributed by atoms with Gasteiger partial charge in [0.1, 0.15) is 11.9 Å². The zero-order valence-corrected chi connectivity index (χ0v) is 11.8. The third-order valence-electron chi connectivity index (χ3n) is 3.27. The van der Waals surface area contributed by atoms with Crippen LogP contribution in [0.25, 0.3) is 0 Å². The van der Waals surface area contributed by atoms with Crippen molar-refractivity contribution in [1.82, 2.24) is 0 Å². The van der Waals surface area contributed by atoms with Crippen LogP contribution < -0.4 is 4.74 Å². The van der Waals surface area contributed by atoms with Gasteiger partial charge in [0.05, 0.1) is 13.0 Å². The molecule has 0 spiro atoms. The second kappa shape index (κ2) is 5.79. The minimum Gasteiger partial charge on any atom is -0.490 e. The van der Waals surface area contributed by atoms with Crippen LogP contribution in [0.4, 0.5) is 8.78 Å². The molecule has 4 nitrogen and oxygen atoms in total. The van der Waals surface area contributed by atoms with E-state index in [4.69, 9.17) is 4.74 Å². The number of esters is 1. The van der Waals surface area contributed by atoms with E-state index in [-0.39, 0.29) is 18.8 Å². The molecule has 0 fully saturated rings. The van der Waals surface area contributed by atoms with Gasteiger partial charge in [-0.15, -0.1) is 0 Å². The molecule has 0 amide bonds. The summed E-state index contributed by atoms with van der Waals surface area (Å²) in [5.74, 6) is -4.81. The second-order valence-corrected chi connectivity index (χ2v) is 4.95. The Hall–Kier alpha value is -1.98. The summed E-state index contributed by atoms with van der Waals surface area (Å²) in [6.45, 7) is 2.80. The van der Waals surface area contributed by atoms with Gasteiger partial charge in [-0.2, -0.15) is 8.78 Å². The lowest BCUT2D eigenvalue weighted by molar-refractivity contribution is -0.174. The third-order valence-corrected chi connectivity index (χ3v) is 3.27. The molecule has 1 heterocycles. The van der Waals surface area contributed by atoms with Gasteiger partial charge in [-0.3, -0.25) is 4.79 Å². The molecule has 114 valence electrons. The summed E-state index contributed by atoms with van der Waals surface area (Å²) in [7, 11) is 0. The van der Waals surface area contributed by atoms with Crippen molar-refractivity contribution in [2.75, 3.05) is 6.61 Å². The number of carbonyl (C=O) groups excluding carboxylic acids is 2. The molecule has 1 aliphatic heterocycles. The number of carbonyl (C=O) groups is 2. The fourth-order valence-electron chi connectivity index (χ4n) is 2.24. The van der Waals surface area contributed by atoms with E-state index in [1.165, 1.54) is 13.8 Å². The van der Waals surface area contributed by atoms with Gasteiger partial charge in [0, 0.05) is 12.0 Å². The first-order chi connectivity index (χ1) is 9.83. The van der Waals surface area contributed by atoms with Gasteiger partial charge >= 0.3 is 11.9 Å². The molecule has 6 heteroatoms. The smallest absolute Gasteiger partial charge is 0.377 e. The molecule has 0 aliphatic carbocycles. The maximum absolute atomic E-state index is 13.7. The lowest BCUT2D eigenvalue weighted by Crippen LogP contribution is -2.36. The Balaban J connectivity index is 2.06. The molecule has 1 atom stereocenters. The Morgan fingerprint density at radius 2 is 2.14 bits per heavy atom. The van der Waals surface area contributed by atoms with Crippen LogP contribution >= 0.6 is 0 Å². The van der Waals surface area contributed by atoms with Crippen LogP contribution in [0, 0.1) is 0 Å². The Bertz CT molecular complexity index is 569. The summed E-state index contributed by atoms with van der Waals surface area (Å²) in [6.07, 6.45) is -1.26. The Labute approximate surface area is 121 Å². The summed E-state index contributed by atoms with van der Waals surface area (Å²) < 4.78 is 37.1. The van der Waals surface area contributed by atoms with Gasteiger partial charge < -0.3 is 9.47 Å². The van der Waals surface area contributed by atoms with E-state index in [0.29, 0.717) is 11.3 Å². The van der Waals surface area contributed by atoms with Crippen molar-refractivity contribution in [2.24, 2.45) is 0 Å². The average molecular weight is 298 g/mol. The summed E-state index contributed by atoms with van der Waals surface area (Å²) in [5, 5.41) is 0. The zero-order chi connectivity index (χ0) is 15.6. The number of ketones is 1. The standard InChI is InChI=1S/C15H16F2O4/c1-3-20-14(19)15(16,17)8-12-6-11-5-4-10(9(2)18)7-13(11)21-12/h4-5,7,12H,3,6,8H2,1-2H3. The minimum absolute atomic E-state index is 0.0951. The number of benzene rings is 1. The fraction of sp³-hybridized carbons (Fsp3) is 0.467. The van der Waals surface area contributed by atoms with E-state index in [1.54, 1.807) is 18.2 Å². The molecular formula is C15H16F2O4. The quantitative estimate of drug-likeness (QED) is 0.619. The highest BCUT2D eigenvalue weighted by Crippen LogP contribution is 2.34. The summed E-state index contributed by atoms with van der Waals surface area (Å²) in [4.78, 5) is 22.5. The van der Waals surface area contributed by atoms with Gasteiger partial charge in [0.25, 0.3) is 0 Å². The van der Waals surface area contributed by atoms with E-state index in [9.17, 15) is 18.4 Å². The third kappa shape index (κ3) is 3.37. The van der Waals surface area contributed by atoms with E-state index in [0.717, 1.165) is 5.56 Å². The first-order valence-corrected chi connectivity index (χ1v) is 6.69. The lowest BCUT2D eigenvalue weighted by atomic mass is 10.0. The Morgan fingerprint density at radius 1 is 1.43 bits per heavy atom. The average Bonchev–Trinajstić information content (AvgIpc) is 2.78. The largest absolute Gasteiger partial charge is 0.490 e. The predicted octanol–water partition coefficient (Wildman–Crippen LogP) is 2.78. The van der Waals surface area contributed by atoms with E-state index in [2.05, 4.69) is 4.74 Å². The molecule has 21 heavy (non-hydrogen) atoms. The number of hydrogen-bond acceptors (Lipinski definition) is 4. The van der Waals surface area contributed by atoms with Gasteiger partial charge in [0.2, 0.25) is 0 Å². The van der Waals surface area contributed by atoms with Crippen molar-refractivity contribution in [1.29, 1.82) is 0 Å². The minimum atomic E-state index is -3.58. The number of ether oxygens (including phenoxy) is 2. The zero-order valence-electron chi connectivity index (χ0n) is 11.8. The summed E-state index contributed by atoms with van der Waals surface area (Å²) in [5.41, 5.74) is 1.22. The number of hydrogen-bond donors (Lipinski definition) is 0. The van der Waals surface area contributed by atoms with E-state index < -0.39 is 24.4 Å². The van der Waals surface area contributed by atoms with E-state index in [1.807, 2.05) is 0 Å². The normalized spacial score (nSPS) is 17.0. The summed E-state index contributed by atoms with van der Waals surface area (Å²) >= 11 is 0. The van der Waals surface area contributed by atoms with Crippen molar-refractivity contribution in [3.63, 3.8) is 0 Å². The fourth-order valence-corrected chi connectivity index (χ4v) is 2.24. The molecule has 0 aromatic heterocycles. The highest BCUT2D eigenvalue weighted by Gasteiger charge is 2.44. The van der Waals surface area contributed by atoms with Gasteiger partial charge in [0.15, 0.2) is 5.78 Å². The molecule has 1 aromatic carbocycles. The van der Waals surface area contributed by atoms with E-state index >= 15 is 0 Å². The van der Waals surface area contributed by atoms with Crippen molar-refractivity contribution in [2.45, 2.75) is 38.7 Å². The van der Waals surface area contributed by atoms with Crippen LogP contribution in [0.2, 0.25) is 0 Å². The lowest BCUT2D eigenvalue weighted by Gasteiger charge is -2.18. The molecule has 0 saturated heterocycles. The second-order valence-electron chi connectivity index (χ2n) is 4.95. The van der Waals surface area contributed by atoms with Crippen LogP contribution in [0.1, 0.15) is 36.2 Å². The first-order valence-electron chi connectivity index (χ1n) is 6.69. The number of rotatable bonds is 5. The maximum Gasteiger partial charge on any atom is 0.377 e. The SMILES string of the molecule is CCOC(=O)C(F)(F)CC1Cc2ccc(C(C)=O)cc2O1. The highest BCUT2D eigenvalue weighted by atomic mass is 19.3. The monoisotopic (exact) mass is 298 g/mol. The van der Waals surface area contributed by atoms with Crippen molar-refractivity contribution in [3.8, 4) is 5.75 Å². The van der Waals surface area contributed by atoms with Crippen molar-refractivity contribution >= 4 is 11.8 Å². The molecular weight excluding hydrogens is 282 g/mol. The van der Waals surface area contributed by atoms with Crippen LogP contribution in [-0.2, 0) is 16.0 Å². The number of halogens is 2. The molecule has 1 aromatic rings. The molecule has 0 radical (unpaired) electrons. The molecule has 0 bridgehead atoms. The van der Waals surface area contributed by atoms with Crippen LogP contribution in [-0.4, -0.2) is 30.4 Å². The van der Waals surface area contributed by atoms with Crippen molar-refractivity contribution < 1.29 is 27.8 Å². The molecule has 0 N–H and O–H groups in total.